The van der Waals surface area contributed by atoms with Crippen LogP contribution >= 0.6 is 15.9 Å². The fourth-order valence-corrected chi connectivity index (χ4v) is 3.02. The number of benzene rings is 1. The average molecular weight is 329 g/mol. The number of rotatable bonds is 3. The summed E-state index contributed by atoms with van der Waals surface area (Å²) in [5.41, 5.74) is 6.34. The van der Waals surface area contributed by atoms with Gasteiger partial charge < -0.3 is 11.1 Å². The van der Waals surface area contributed by atoms with Crippen LogP contribution in [0.4, 0.5) is 10.1 Å². The third-order valence-electron chi connectivity index (χ3n) is 3.74. The highest BCUT2D eigenvalue weighted by Crippen LogP contribution is 2.30. The first-order valence-electron chi connectivity index (χ1n) is 6.58. The van der Waals surface area contributed by atoms with Gasteiger partial charge in [-0.2, -0.15) is 0 Å². The Bertz CT molecular complexity index is 467. The van der Waals surface area contributed by atoms with E-state index in [1.165, 1.54) is 6.07 Å². The Labute approximate surface area is 120 Å². The van der Waals surface area contributed by atoms with E-state index in [0.29, 0.717) is 16.7 Å². The summed E-state index contributed by atoms with van der Waals surface area (Å²) in [4.78, 5) is 12.3. The minimum absolute atomic E-state index is 0.00587. The number of hydrogen-bond donors (Lipinski definition) is 2. The number of carbonyl (C=O) groups excluding carboxylic acids is 1. The summed E-state index contributed by atoms with van der Waals surface area (Å²) >= 11 is 3.11. The summed E-state index contributed by atoms with van der Waals surface area (Å²) in [5, 5.41) is 2.85. The topological polar surface area (TPSA) is 55.1 Å². The minimum Gasteiger partial charge on any atom is -0.330 e. The molecule has 0 aromatic heterocycles. The van der Waals surface area contributed by atoms with Crippen LogP contribution in [0.2, 0.25) is 0 Å². The monoisotopic (exact) mass is 328 g/mol. The largest absolute Gasteiger partial charge is 0.330 e. The molecule has 0 spiro atoms. The Morgan fingerprint density at radius 3 is 2.84 bits per heavy atom. The molecule has 1 saturated carbocycles. The van der Waals surface area contributed by atoms with Crippen molar-refractivity contribution in [1.29, 1.82) is 0 Å². The number of hydrogen-bond acceptors (Lipinski definition) is 2. The van der Waals surface area contributed by atoms with Crippen LogP contribution in [0.3, 0.4) is 0 Å². The van der Waals surface area contributed by atoms with Crippen molar-refractivity contribution >= 4 is 27.5 Å². The molecule has 1 fully saturated rings. The van der Waals surface area contributed by atoms with Crippen molar-refractivity contribution in [1.82, 2.24) is 0 Å². The molecule has 1 aliphatic rings. The highest BCUT2D eigenvalue weighted by Gasteiger charge is 2.29. The molecule has 2 rings (SSSR count). The standard InChI is InChI=1S/C14H18BrFN2O/c15-12-7-10(5-6-13(12)16)18-14(19)11-4-2-1-3-9(11)8-17/h5-7,9,11H,1-4,8,17H2,(H,18,19). The lowest BCUT2D eigenvalue weighted by atomic mass is 9.78. The second-order valence-corrected chi connectivity index (χ2v) is 5.86. The molecule has 0 bridgehead atoms. The van der Waals surface area contributed by atoms with Crippen molar-refractivity contribution in [3.05, 3.63) is 28.5 Å². The number of anilines is 1. The van der Waals surface area contributed by atoms with Crippen molar-refractivity contribution in [2.45, 2.75) is 25.7 Å². The van der Waals surface area contributed by atoms with Crippen molar-refractivity contribution in [2.75, 3.05) is 11.9 Å². The van der Waals surface area contributed by atoms with Crippen LogP contribution in [0.1, 0.15) is 25.7 Å². The van der Waals surface area contributed by atoms with E-state index in [9.17, 15) is 9.18 Å². The Kier molecular flexibility index (Phi) is 4.93. The van der Waals surface area contributed by atoms with Gasteiger partial charge in [0.25, 0.3) is 0 Å². The first kappa shape index (κ1) is 14.5. The Hall–Kier alpha value is -0.940. The second kappa shape index (κ2) is 6.48. The van der Waals surface area contributed by atoms with Crippen LogP contribution in [0.25, 0.3) is 0 Å². The third kappa shape index (κ3) is 3.54. The Morgan fingerprint density at radius 1 is 1.42 bits per heavy atom. The normalized spacial score (nSPS) is 23.1. The third-order valence-corrected chi connectivity index (χ3v) is 4.34. The maximum atomic E-state index is 13.1. The van der Waals surface area contributed by atoms with Crippen LogP contribution in [0.5, 0.6) is 0 Å². The van der Waals surface area contributed by atoms with Gasteiger partial charge in [0.1, 0.15) is 5.82 Å². The van der Waals surface area contributed by atoms with E-state index in [2.05, 4.69) is 21.2 Å². The molecule has 3 N–H and O–H groups in total. The van der Waals surface area contributed by atoms with E-state index >= 15 is 0 Å². The van der Waals surface area contributed by atoms with E-state index in [1.807, 2.05) is 0 Å². The van der Waals surface area contributed by atoms with Gasteiger partial charge in [-0.05, 0) is 59.4 Å². The van der Waals surface area contributed by atoms with Gasteiger partial charge in [0.2, 0.25) is 5.91 Å². The molecule has 1 aliphatic carbocycles. The quantitative estimate of drug-likeness (QED) is 0.894. The first-order chi connectivity index (χ1) is 9.11. The number of amides is 1. The lowest BCUT2D eigenvalue weighted by Gasteiger charge is -2.29. The fraction of sp³-hybridized carbons (Fsp3) is 0.500. The molecule has 19 heavy (non-hydrogen) atoms. The molecule has 0 saturated heterocycles. The van der Waals surface area contributed by atoms with E-state index in [4.69, 9.17) is 5.73 Å². The fourth-order valence-electron chi connectivity index (χ4n) is 2.64. The maximum Gasteiger partial charge on any atom is 0.227 e. The first-order valence-corrected chi connectivity index (χ1v) is 7.37. The Balaban J connectivity index is 2.05. The van der Waals surface area contributed by atoms with Gasteiger partial charge in [0, 0.05) is 11.6 Å². The van der Waals surface area contributed by atoms with E-state index in [1.54, 1.807) is 12.1 Å². The summed E-state index contributed by atoms with van der Waals surface area (Å²) in [6, 6.07) is 4.48. The molecular weight excluding hydrogens is 311 g/mol. The van der Waals surface area contributed by atoms with Crippen LogP contribution in [0, 0.1) is 17.7 Å². The zero-order chi connectivity index (χ0) is 13.8. The van der Waals surface area contributed by atoms with Gasteiger partial charge in [0.15, 0.2) is 0 Å². The SMILES string of the molecule is NCC1CCCCC1C(=O)Nc1ccc(F)c(Br)c1. The number of halogens is 2. The summed E-state index contributed by atoms with van der Waals surface area (Å²) in [5.74, 6) is -0.107. The highest BCUT2D eigenvalue weighted by atomic mass is 79.9. The van der Waals surface area contributed by atoms with Gasteiger partial charge in [-0.15, -0.1) is 0 Å². The molecular formula is C14H18BrFN2O. The number of nitrogens with one attached hydrogen (secondary N) is 1. The van der Waals surface area contributed by atoms with Crippen molar-refractivity contribution in [3.63, 3.8) is 0 Å². The maximum absolute atomic E-state index is 13.1. The molecule has 3 nitrogen and oxygen atoms in total. The van der Waals surface area contributed by atoms with Crippen molar-refractivity contribution < 1.29 is 9.18 Å². The molecule has 2 atom stereocenters. The minimum atomic E-state index is -0.337. The van der Waals surface area contributed by atoms with E-state index in [-0.39, 0.29) is 23.6 Å². The van der Waals surface area contributed by atoms with Crippen LogP contribution in [-0.4, -0.2) is 12.5 Å². The lowest BCUT2D eigenvalue weighted by Crippen LogP contribution is -2.35. The van der Waals surface area contributed by atoms with Crippen molar-refractivity contribution in [2.24, 2.45) is 17.6 Å². The van der Waals surface area contributed by atoms with Crippen LogP contribution < -0.4 is 11.1 Å². The lowest BCUT2D eigenvalue weighted by molar-refractivity contribution is -0.122. The molecule has 0 aliphatic heterocycles. The van der Waals surface area contributed by atoms with Crippen LogP contribution in [-0.2, 0) is 4.79 Å². The smallest absolute Gasteiger partial charge is 0.227 e. The summed E-state index contributed by atoms with van der Waals surface area (Å²) in [7, 11) is 0. The molecule has 0 heterocycles. The predicted molar refractivity (Wildman–Crippen MR) is 77.2 cm³/mol. The molecule has 1 amide bonds. The van der Waals surface area contributed by atoms with E-state index in [0.717, 1.165) is 25.7 Å². The molecule has 104 valence electrons. The molecule has 0 radical (unpaired) electrons. The number of carbonyl (C=O) groups is 1. The van der Waals surface area contributed by atoms with Crippen LogP contribution in [0.15, 0.2) is 22.7 Å². The van der Waals surface area contributed by atoms with Crippen molar-refractivity contribution in [3.8, 4) is 0 Å². The molecule has 5 heteroatoms. The van der Waals surface area contributed by atoms with E-state index < -0.39 is 0 Å². The zero-order valence-electron chi connectivity index (χ0n) is 10.7. The van der Waals surface area contributed by atoms with Gasteiger partial charge in [-0.3, -0.25) is 4.79 Å². The van der Waals surface area contributed by atoms with Gasteiger partial charge in [-0.1, -0.05) is 12.8 Å². The second-order valence-electron chi connectivity index (χ2n) is 5.00. The average Bonchev–Trinajstić information content (AvgIpc) is 2.43. The zero-order valence-corrected chi connectivity index (χ0v) is 12.2. The van der Waals surface area contributed by atoms with Gasteiger partial charge in [-0.25, -0.2) is 4.39 Å². The molecule has 1 aromatic carbocycles. The molecule has 1 aromatic rings. The van der Waals surface area contributed by atoms with Gasteiger partial charge >= 0.3 is 0 Å². The number of nitrogens with two attached hydrogens (primary N) is 1. The summed E-state index contributed by atoms with van der Waals surface area (Å²) < 4.78 is 13.5. The predicted octanol–water partition coefficient (Wildman–Crippen LogP) is 3.29. The highest BCUT2D eigenvalue weighted by molar-refractivity contribution is 9.10. The molecule has 2 unspecified atom stereocenters. The summed E-state index contributed by atoms with van der Waals surface area (Å²) in [6.45, 7) is 0.547. The Morgan fingerprint density at radius 2 is 2.16 bits per heavy atom. The summed E-state index contributed by atoms with van der Waals surface area (Å²) in [6.07, 6.45) is 4.12. The van der Waals surface area contributed by atoms with Gasteiger partial charge in [0.05, 0.1) is 4.47 Å².